The van der Waals surface area contributed by atoms with E-state index in [2.05, 4.69) is 10.3 Å². The highest BCUT2D eigenvalue weighted by atomic mass is 32.1. The number of carbonyl (C=O) groups excluding carboxylic acids is 1. The van der Waals surface area contributed by atoms with Gasteiger partial charge in [-0.3, -0.25) is 4.57 Å². The van der Waals surface area contributed by atoms with Gasteiger partial charge in [-0.05, 0) is 37.3 Å². The molecular formula is C18H14F3N3OS. The summed E-state index contributed by atoms with van der Waals surface area (Å²) in [6.07, 6.45) is -2.79. The van der Waals surface area contributed by atoms with Crippen molar-refractivity contribution in [1.29, 1.82) is 0 Å². The van der Waals surface area contributed by atoms with Gasteiger partial charge in [-0.1, -0.05) is 24.3 Å². The monoisotopic (exact) mass is 377 g/mol. The Labute approximate surface area is 151 Å². The molecule has 0 saturated carbocycles. The van der Waals surface area contributed by atoms with Gasteiger partial charge in [0, 0.05) is 22.4 Å². The summed E-state index contributed by atoms with van der Waals surface area (Å²) in [6.45, 7) is 1.79. The van der Waals surface area contributed by atoms with Crippen molar-refractivity contribution in [3.8, 4) is 5.69 Å². The van der Waals surface area contributed by atoms with E-state index in [0.717, 1.165) is 17.0 Å². The van der Waals surface area contributed by atoms with E-state index in [1.54, 1.807) is 37.4 Å². The number of halogens is 3. The highest BCUT2D eigenvalue weighted by Gasteiger charge is 2.30. The van der Waals surface area contributed by atoms with Crippen LogP contribution >= 0.6 is 11.3 Å². The second kappa shape index (κ2) is 7.17. The van der Waals surface area contributed by atoms with E-state index in [-0.39, 0.29) is 10.5 Å². The Balaban J connectivity index is 1.97. The van der Waals surface area contributed by atoms with Crippen LogP contribution in [0.2, 0.25) is 0 Å². The van der Waals surface area contributed by atoms with E-state index >= 15 is 0 Å². The van der Waals surface area contributed by atoms with Crippen LogP contribution in [0.25, 0.3) is 5.69 Å². The van der Waals surface area contributed by atoms with Gasteiger partial charge in [0.15, 0.2) is 4.80 Å². The number of nitrogens with one attached hydrogen (secondary N) is 1. The molecule has 1 N–H and O–H groups in total. The van der Waals surface area contributed by atoms with Gasteiger partial charge in [-0.2, -0.15) is 18.2 Å². The molecule has 0 atom stereocenters. The molecule has 8 heteroatoms. The molecule has 0 aliphatic heterocycles. The Morgan fingerprint density at radius 1 is 1.12 bits per heavy atom. The first-order valence-corrected chi connectivity index (χ1v) is 8.42. The summed E-state index contributed by atoms with van der Waals surface area (Å²) in [7, 11) is 0. The van der Waals surface area contributed by atoms with Crippen molar-refractivity contribution >= 4 is 23.1 Å². The van der Waals surface area contributed by atoms with Crippen LogP contribution in [0.5, 0.6) is 0 Å². The highest BCUT2D eigenvalue weighted by Crippen LogP contribution is 2.30. The highest BCUT2D eigenvalue weighted by molar-refractivity contribution is 7.09. The van der Waals surface area contributed by atoms with E-state index in [9.17, 15) is 18.0 Å². The fourth-order valence-electron chi connectivity index (χ4n) is 2.31. The lowest BCUT2D eigenvalue weighted by Gasteiger charge is -2.09. The molecule has 1 aromatic heterocycles. The minimum Gasteiger partial charge on any atom is -0.306 e. The van der Waals surface area contributed by atoms with Gasteiger partial charge in [0.2, 0.25) is 0 Å². The number of hydrogen-bond donors (Lipinski definition) is 1. The zero-order chi connectivity index (χ0) is 18.7. The molecule has 26 heavy (non-hydrogen) atoms. The van der Waals surface area contributed by atoms with Crippen molar-refractivity contribution in [2.24, 2.45) is 4.99 Å². The van der Waals surface area contributed by atoms with Gasteiger partial charge in [0.1, 0.15) is 0 Å². The lowest BCUT2D eigenvalue weighted by Crippen LogP contribution is -2.18. The fourth-order valence-corrected chi connectivity index (χ4v) is 3.14. The number of urea groups is 1. The Bertz CT molecular complexity index is 991. The lowest BCUT2D eigenvalue weighted by molar-refractivity contribution is -0.137. The maximum Gasteiger partial charge on any atom is 0.416 e. The summed E-state index contributed by atoms with van der Waals surface area (Å²) in [4.78, 5) is 17.2. The number of hydrogen-bond acceptors (Lipinski definition) is 2. The van der Waals surface area contributed by atoms with Crippen molar-refractivity contribution in [3.05, 3.63) is 76.0 Å². The molecule has 0 bridgehead atoms. The number of aromatic nitrogens is 1. The van der Waals surface area contributed by atoms with Gasteiger partial charge in [-0.15, -0.1) is 11.3 Å². The Morgan fingerprint density at radius 2 is 1.85 bits per heavy atom. The van der Waals surface area contributed by atoms with Crippen molar-refractivity contribution in [2.45, 2.75) is 13.1 Å². The van der Waals surface area contributed by atoms with E-state index in [4.69, 9.17) is 0 Å². The summed E-state index contributed by atoms with van der Waals surface area (Å²) >= 11 is 1.22. The van der Waals surface area contributed by atoms with Gasteiger partial charge in [0.25, 0.3) is 0 Å². The molecule has 0 unspecified atom stereocenters. The van der Waals surface area contributed by atoms with Gasteiger partial charge >= 0.3 is 12.2 Å². The lowest BCUT2D eigenvalue weighted by atomic mass is 10.2. The smallest absolute Gasteiger partial charge is 0.306 e. The summed E-state index contributed by atoms with van der Waals surface area (Å²) in [6, 6.07) is 13.1. The minimum atomic E-state index is -4.44. The van der Waals surface area contributed by atoms with Crippen molar-refractivity contribution < 1.29 is 18.0 Å². The van der Waals surface area contributed by atoms with Crippen molar-refractivity contribution in [1.82, 2.24) is 4.57 Å². The molecule has 0 fully saturated rings. The second-order valence-electron chi connectivity index (χ2n) is 5.45. The Hall–Kier alpha value is -2.87. The first-order chi connectivity index (χ1) is 12.3. The number of carbonyl (C=O) groups is 1. The molecule has 134 valence electrons. The van der Waals surface area contributed by atoms with E-state index in [1.165, 1.54) is 28.0 Å². The molecule has 1 heterocycles. The quantitative estimate of drug-likeness (QED) is 0.671. The molecule has 2 aromatic carbocycles. The van der Waals surface area contributed by atoms with Crippen LogP contribution in [0.4, 0.5) is 23.7 Å². The molecule has 3 aromatic rings. The molecule has 0 radical (unpaired) electrons. The van der Waals surface area contributed by atoms with E-state index in [0.29, 0.717) is 5.69 Å². The molecule has 0 aliphatic rings. The van der Waals surface area contributed by atoms with Crippen molar-refractivity contribution in [2.75, 3.05) is 5.32 Å². The summed E-state index contributed by atoms with van der Waals surface area (Å²) in [5.74, 6) is 0. The third-order valence-electron chi connectivity index (χ3n) is 3.44. The average Bonchev–Trinajstić information content (AvgIpc) is 2.95. The zero-order valence-corrected chi connectivity index (χ0v) is 14.4. The maximum atomic E-state index is 12.9. The predicted octanol–water partition coefficient (Wildman–Crippen LogP) is 5.00. The summed E-state index contributed by atoms with van der Waals surface area (Å²) in [5, 5.41) is 2.62. The number of alkyl halides is 3. The van der Waals surface area contributed by atoms with Crippen LogP contribution in [0.1, 0.15) is 10.4 Å². The van der Waals surface area contributed by atoms with Gasteiger partial charge in [0.05, 0.1) is 5.56 Å². The third kappa shape index (κ3) is 4.20. The number of thiazole rings is 1. The molecule has 2 amide bonds. The standard InChI is InChI=1S/C18H14F3N3OS/c1-12-11-24(15-9-5-6-13(10-15)18(19,20)21)17(26-12)23-16(25)22-14-7-3-2-4-8-14/h2-11H,1H3,(H,22,25)/b23-17+. The topological polar surface area (TPSA) is 46.4 Å². The molecule has 3 rings (SSSR count). The van der Waals surface area contributed by atoms with Crippen LogP contribution in [-0.2, 0) is 6.18 Å². The van der Waals surface area contributed by atoms with Gasteiger partial charge in [-0.25, -0.2) is 4.79 Å². The number of aryl methyl sites for hydroxylation is 1. The van der Waals surface area contributed by atoms with Crippen LogP contribution < -0.4 is 10.1 Å². The zero-order valence-electron chi connectivity index (χ0n) is 13.6. The average molecular weight is 377 g/mol. The predicted molar refractivity (Wildman–Crippen MR) is 94.4 cm³/mol. The number of anilines is 1. The van der Waals surface area contributed by atoms with E-state index in [1.807, 2.05) is 6.07 Å². The molecule has 4 nitrogen and oxygen atoms in total. The largest absolute Gasteiger partial charge is 0.416 e. The molecular weight excluding hydrogens is 363 g/mol. The maximum absolute atomic E-state index is 12.9. The van der Waals surface area contributed by atoms with Gasteiger partial charge < -0.3 is 5.32 Å². The van der Waals surface area contributed by atoms with Crippen LogP contribution in [0.3, 0.4) is 0 Å². The minimum absolute atomic E-state index is 0.287. The second-order valence-corrected chi connectivity index (χ2v) is 6.66. The number of nitrogens with zero attached hydrogens (tertiary/aromatic N) is 2. The summed E-state index contributed by atoms with van der Waals surface area (Å²) in [5.41, 5.74) is 0.113. The Kier molecular flexibility index (Phi) is 4.94. The molecule has 0 aliphatic carbocycles. The van der Waals surface area contributed by atoms with Crippen LogP contribution in [0, 0.1) is 6.92 Å². The number of amides is 2. The number of rotatable bonds is 2. The first-order valence-electron chi connectivity index (χ1n) is 7.60. The van der Waals surface area contributed by atoms with E-state index < -0.39 is 17.8 Å². The summed E-state index contributed by atoms with van der Waals surface area (Å²) < 4.78 is 40.3. The third-order valence-corrected chi connectivity index (χ3v) is 4.34. The normalized spacial score (nSPS) is 12.2. The molecule has 0 spiro atoms. The Morgan fingerprint density at radius 3 is 2.54 bits per heavy atom. The van der Waals surface area contributed by atoms with Crippen LogP contribution in [-0.4, -0.2) is 10.6 Å². The first kappa shape index (κ1) is 17.9. The van der Waals surface area contributed by atoms with Crippen LogP contribution in [0.15, 0.2) is 65.8 Å². The number of benzene rings is 2. The van der Waals surface area contributed by atoms with Crippen molar-refractivity contribution in [3.63, 3.8) is 0 Å². The molecule has 0 saturated heterocycles. The SMILES string of the molecule is Cc1cn(-c2cccc(C(F)(F)F)c2)/c(=N\C(=O)Nc2ccccc2)s1. The fraction of sp³-hybridized carbons (Fsp3) is 0.111. The number of para-hydroxylation sites is 1.